The Hall–Kier alpha value is -6.07. The van der Waals surface area contributed by atoms with E-state index in [9.17, 15) is 0 Å². The first kappa shape index (κ1) is 28.7. The summed E-state index contributed by atoms with van der Waals surface area (Å²) in [5, 5.41) is 1.93. The summed E-state index contributed by atoms with van der Waals surface area (Å²) in [6.07, 6.45) is 0. The fourth-order valence-corrected chi connectivity index (χ4v) is 5.55. The summed E-state index contributed by atoms with van der Waals surface area (Å²) < 4.78 is 12.6. The first-order valence-corrected chi connectivity index (χ1v) is 15.2. The first-order chi connectivity index (χ1) is 22.7. The minimum absolute atomic E-state index is 0.461. The number of furan rings is 1. The van der Waals surface area contributed by atoms with Crippen LogP contribution in [0.5, 0.6) is 11.5 Å². The molecule has 222 valence electrons. The average molecular weight is 598 g/mol. The third kappa shape index (κ3) is 5.86. The van der Waals surface area contributed by atoms with Gasteiger partial charge in [0.05, 0.1) is 6.54 Å². The fraction of sp³-hybridized carbons (Fsp3) is 0.0488. The summed E-state index contributed by atoms with van der Waals surface area (Å²) >= 11 is 0. The van der Waals surface area contributed by atoms with Gasteiger partial charge in [-0.25, -0.2) is 9.98 Å². The van der Waals surface area contributed by atoms with Crippen LogP contribution in [-0.4, -0.2) is 18.4 Å². The zero-order valence-electron chi connectivity index (χ0n) is 25.4. The van der Waals surface area contributed by atoms with Crippen molar-refractivity contribution in [3.8, 4) is 22.6 Å². The van der Waals surface area contributed by atoms with Crippen LogP contribution in [0.4, 0.5) is 0 Å². The standard InChI is InChI=1S/C41H31N3O2/c1-28-13-9-11-19-36(28)45-32-23-21-31(22-24-32)40(43-27-29-14-5-3-6-15-29)44-41(42-2)35-26-25-33(30-16-7-4-8-17-30)39-38(35)34-18-10-12-20-37(34)46-39/h3-26H,2,27H2,1H3. The molecule has 5 heteroatoms. The lowest BCUT2D eigenvalue weighted by molar-refractivity contribution is 0.479. The Labute approximate surface area is 267 Å². The predicted molar refractivity (Wildman–Crippen MR) is 190 cm³/mol. The molecule has 5 nitrogen and oxygen atoms in total. The van der Waals surface area contributed by atoms with Crippen LogP contribution in [0.1, 0.15) is 22.3 Å². The highest BCUT2D eigenvalue weighted by atomic mass is 16.5. The molecule has 0 saturated heterocycles. The second-order valence-corrected chi connectivity index (χ2v) is 10.9. The quantitative estimate of drug-likeness (QED) is 0.136. The molecule has 1 heterocycles. The molecule has 7 rings (SSSR count). The van der Waals surface area contributed by atoms with Crippen LogP contribution in [0, 0.1) is 6.92 Å². The Morgan fingerprint density at radius 1 is 0.696 bits per heavy atom. The van der Waals surface area contributed by atoms with E-state index < -0.39 is 0 Å². The number of aryl methyl sites for hydroxylation is 1. The predicted octanol–water partition coefficient (Wildman–Crippen LogP) is 10.4. The highest BCUT2D eigenvalue weighted by Crippen LogP contribution is 2.38. The van der Waals surface area contributed by atoms with Crippen molar-refractivity contribution in [2.24, 2.45) is 15.0 Å². The Kier molecular flexibility index (Phi) is 8.04. The van der Waals surface area contributed by atoms with Gasteiger partial charge in [-0.1, -0.05) is 97.1 Å². The first-order valence-electron chi connectivity index (χ1n) is 15.2. The number of aliphatic imine (C=N–C) groups is 3. The van der Waals surface area contributed by atoms with Gasteiger partial charge in [0.1, 0.15) is 22.7 Å². The van der Waals surface area contributed by atoms with E-state index >= 15 is 0 Å². The lowest BCUT2D eigenvalue weighted by Gasteiger charge is -2.11. The smallest absolute Gasteiger partial charge is 0.161 e. The van der Waals surface area contributed by atoms with E-state index in [2.05, 4.69) is 48.1 Å². The van der Waals surface area contributed by atoms with E-state index in [1.54, 1.807) is 0 Å². The summed E-state index contributed by atoms with van der Waals surface area (Å²) in [4.78, 5) is 14.5. The minimum Gasteiger partial charge on any atom is -0.457 e. The topological polar surface area (TPSA) is 59.5 Å². The molecule has 0 atom stereocenters. The van der Waals surface area contributed by atoms with Crippen LogP contribution in [0.25, 0.3) is 33.1 Å². The SMILES string of the molecule is C=NC(=NC(=NCc1ccccc1)c1ccc(Oc2ccccc2C)cc1)c1ccc(-c2ccccc2)c2oc3ccccc3c12. The second kappa shape index (κ2) is 12.9. The molecular weight excluding hydrogens is 566 g/mol. The van der Waals surface area contributed by atoms with E-state index in [1.165, 1.54) is 0 Å². The van der Waals surface area contributed by atoms with Gasteiger partial charge in [0.2, 0.25) is 0 Å². The molecule has 0 amide bonds. The van der Waals surface area contributed by atoms with Crippen molar-refractivity contribution >= 4 is 40.3 Å². The molecular formula is C41H31N3O2. The maximum Gasteiger partial charge on any atom is 0.161 e. The summed E-state index contributed by atoms with van der Waals surface area (Å²) in [7, 11) is 0. The molecule has 46 heavy (non-hydrogen) atoms. The molecule has 0 unspecified atom stereocenters. The molecule has 0 radical (unpaired) electrons. The maximum absolute atomic E-state index is 6.48. The van der Waals surface area contributed by atoms with Crippen molar-refractivity contribution < 1.29 is 9.15 Å². The summed E-state index contributed by atoms with van der Waals surface area (Å²) in [5.41, 5.74) is 7.46. The van der Waals surface area contributed by atoms with Gasteiger partial charge in [0, 0.05) is 27.5 Å². The number of rotatable bonds is 7. The van der Waals surface area contributed by atoms with Gasteiger partial charge in [0.15, 0.2) is 11.7 Å². The molecule has 0 fully saturated rings. The third-order valence-electron chi connectivity index (χ3n) is 7.90. The summed E-state index contributed by atoms with van der Waals surface area (Å²) in [5.74, 6) is 2.55. The highest BCUT2D eigenvalue weighted by Gasteiger charge is 2.19. The number of hydrogen-bond donors (Lipinski definition) is 0. The fourth-order valence-electron chi connectivity index (χ4n) is 5.55. The van der Waals surface area contributed by atoms with Crippen LogP contribution < -0.4 is 4.74 Å². The number of nitrogens with zero attached hydrogens (tertiary/aromatic N) is 3. The lowest BCUT2D eigenvalue weighted by atomic mass is 9.98. The monoisotopic (exact) mass is 597 g/mol. The number of para-hydroxylation sites is 2. The highest BCUT2D eigenvalue weighted by molar-refractivity contribution is 6.23. The zero-order chi connectivity index (χ0) is 31.3. The summed E-state index contributed by atoms with van der Waals surface area (Å²) in [6, 6.07) is 48.3. The van der Waals surface area contributed by atoms with E-state index in [0.717, 1.165) is 66.8 Å². The molecule has 0 spiro atoms. The van der Waals surface area contributed by atoms with Crippen LogP contribution in [0.2, 0.25) is 0 Å². The van der Waals surface area contributed by atoms with Crippen LogP contribution in [0.15, 0.2) is 165 Å². The van der Waals surface area contributed by atoms with Crippen LogP contribution >= 0.6 is 0 Å². The van der Waals surface area contributed by atoms with Crippen molar-refractivity contribution in [1.82, 2.24) is 0 Å². The average Bonchev–Trinajstić information content (AvgIpc) is 3.50. The van der Waals surface area contributed by atoms with Crippen molar-refractivity contribution in [2.45, 2.75) is 13.5 Å². The van der Waals surface area contributed by atoms with Gasteiger partial charge in [-0.05, 0) is 78.9 Å². The molecule has 0 aliphatic carbocycles. The lowest BCUT2D eigenvalue weighted by Crippen LogP contribution is -2.06. The molecule has 7 aromatic rings. The van der Waals surface area contributed by atoms with Gasteiger partial charge in [-0.3, -0.25) is 4.99 Å². The van der Waals surface area contributed by atoms with Crippen molar-refractivity contribution in [1.29, 1.82) is 0 Å². The Bertz CT molecular complexity index is 2210. The molecule has 6 aromatic carbocycles. The Morgan fingerprint density at radius 3 is 2.15 bits per heavy atom. The summed E-state index contributed by atoms with van der Waals surface area (Å²) in [6.45, 7) is 6.43. The molecule has 0 aliphatic rings. The second-order valence-electron chi connectivity index (χ2n) is 10.9. The minimum atomic E-state index is 0.461. The molecule has 0 N–H and O–H groups in total. The van der Waals surface area contributed by atoms with Gasteiger partial charge in [-0.15, -0.1) is 0 Å². The molecule has 0 saturated carbocycles. The van der Waals surface area contributed by atoms with Gasteiger partial charge in [0.25, 0.3) is 0 Å². The number of fused-ring (bicyclic) bond motifs is 3. The molecule has 1 aromatic heterocycles. The molecule has 0 bridgehead atoms. The largest absolute Gasteiger partial charge is 0.457 e. The number of hydrogen-bond acceptors (Lipinski definition) is 3. The van der Waals surface area contributed by atoms with E-state index in [-0.39, 0.29) is 0 Å². The van der Waals surface area contributed by atoms with Crippen molar-refractivity contribution in [2.75, 3.05) is 0 Å². The normalized spacial score (nSPS) is 12.0. The van der Waals surface area contributed by atoms with Gasteiger partial charge >= 0.3 is 0 Å². The van der Waals surface area contributed by atoms with Crippen molar-refractivity contribution in [3.63, 3.8) is 0 Å². The van der Waals surface area contributed by atoms with E-state index in [1.807, 2.05) is 116 Å². The van der Waals surface area contributed by atoms with Gasteiger partial charge in [-0.2, -0.15) is 0 Å². The van der Waals surface area contributed by atoms with Crippen LogP contribution in [-0.2, 0) is 6.54 Å². The van der Waals surface area contributed by atoms with Gasteiger partial charge < -0.3 is 9.15 Å². The molecule has 0 aliphatic heterocycles. The van der Waals surface area contributed by atoms with E-state index in [4.69, 9.17) is 19.1 Å². The Morgan fingerprint density at radius 2 is 1.39 bits per heavy atom. The zero-order valence-corrected chi connectivity index (χ0v) is 25.4. The Balaban J connectivity index is 1.34. The number of benzene rings is 6. The van der Waals surface area contributed by atoms with Crippen LogP contribution in [0.3, 0.4) is 0 Å². The maximum atomic E-state index is 6.48. The third-order valence-corrected chi connectivity index (χ3v) is 7.90. The van der Waals surface area contributed by atoms with Crippen molar-refractivity contribution in [3.05, 3.63) is 168 Å². The number of amidine groups is 2. The number of ether oxygens (including phenoxy) is 1. The van der Waals surface area contributed by atoms with E-state index in [0.29, 0.717) is 18.2 Å².